The summed E-state index contributed by atoms with van der Waals surface area (Å²) in [5.74, 6) is 0.401. The van der Waals surface area contributed by atoms with Crippen LogP contribution in [0.15, 0.2) is 60.8 Å². The highest BCUT2D eigenvalue weighted by atomic mass is 28.3. The van der Waals surface area contributed by atoms with Gasteiger partial charge in [-0.3, -0.25) is 14.4 Å². The fourth-order valence-corrected chi connectivity index (χ4v) is 14.4. The number of aromatic nitrogens is 4. The zero-order valence-electron chi connectivity index (χ0n) is 36.8. The number of ether oxygens (including phenoxy) is 1. The van der Waals surface area contributed by atoms with Crippen molar-refractivity contribution in [3.63, 3.8) is 0 Å². The quantitative estimate of drug-likeness (QED) is 0.0878. The van der Waals surface area contributed by atoms with Gasteiger partial charge in [-0.05, 0) is 64.2 Å². The molecule has 4 atom stereocenters. The lowest BCUT2D eigenvalue weighted by atomic mass is 9.99. The van der Waals surface area contributed by atoms with Crippen molar-refractivity contribution < 1.29 is 29.0 Å². The van der Waals surface area contributed by atoms with E-state index in [1.807, 2.05) is 49.8 Å². The van der Waals surface area contributed by atoms with Crippen LogP contribution in [0.4, 0.5) is 4.79 Å². The maximum absolute atomic E-state index is 14.0. The standard InChI is InChI=1S/C45H60N8O6Si2/c1-26(2)38(49-37(55)22-54)43(56)52-18-19-60(6,7)23-36(52)42-47-33-17-15-31-20-30(14-16-32(31)40(33)50-42)28-10-12-29(13-11-28)34-21-46-41(48-34)35-24-61(8,9)25-53(35)44(57)39(27(3)4)51-45(58)59-5/h10-17,20-21,26-27,35-36,38-39,54H,18-19,22-25H2,1-9H3,(H,46,48)(H,47,50)(H,49,55)(H,51,58)/t35?,36-,38?,39?/m0/s1. The number of methoxy groups -OCH3 is 1. The molecular weight excluding hydrogens is 805 g/mol. The van der Waals surface area contributed by atoms with Crippen LogP contribution in [0.2, 0.25) is 44.3 Å². The van der Waals surface area contributed by atoms with E-state index in [-0.39, 0.29) is 35.7 Å². The average Bonchev–Trinajstić information content (AvgIpc) is 3.98. The second kappa shape index (κ2) is 17.2. The molecule has 0 aliphatic carbocycles. The highest BCUT2D eigenvalue weighted by molar-refractivity contribution is 6.78. The number of nitrogens with one attached hydrogen (secondary N) is 4. The number of carbonyl (C=O) groups excluding carboxylic acids is 4. The van der Waals surface area contributed by atoms with Crippen LogP contribution in [0.5, 0.6) is 0 Å². The Bertz CT molecular complexity index is 2440. The average molecular weight is 865 g/mol. The van der Waals surface area contributed by atoms with Gasteiger partial charge >= 0.3 is 6.09 Å². The lowest BCUT2D eigenvalue weighted by Gasteiger charge is -2.43. The van der Waals surface area contributed by atoms with Crippen molar-refractivity contribution in [1.29, 1.82) is 0 Å². The largest absolute Gasteiger partial charge is 0.453 e. The van der Waals surface area contributed by atoms with Crippen molar-refractivity contribution in [3.8, 4) is 22.4 Å². The highest BCUT2D eigenvalue weighted by Gasteiger charge is 2.46. The van der Waals surface area contributed by atoms with Gasteiger partial charge in [-0.1, -0.05) is 96.3 Å². The number of hydrogen-bond acceptors (Lipinski definition) is 8. The van der Waals surface area contributed by atoms with Crippen molar-refractivity contribution in [1.82, 2.24) is 40.4 Å². The van der Waals surface area contributed by atoms with Gasteiger partial charge in [-0.2, -0.15) is 0 Å². The summed E-state index contributed by atoms with van der Waals surface area (Å²) in [6, 6.07) is 19.7. The van der Waals surface area contributed by atoms with Crippen molar-refractivity contribution in [2.45, 2.75) is 96.2 Å². The van der Waals surface area contributed by atoms with Gasteiger partial charge in [-0.25, -0.2) is 14.8 Å². The summed E-state index contributed by atoms with van der Waals surface area (Å²) in [5, 5.41) is 16.9. The number of amides is 4. The molecule has 0 radical (unpaired) electrons. The number of benzene rings is 3. The molecule has 61 heavy (non-hydrogen) atoms. The molecule has 5 N–H and O–H groups in total. The maximum Gasteiger partial charge on any atom is 0.407 e. The molecule has 16 heteroatoms. The number of carbonyl (C=O) groups is 4. The topological polar surface area (TPSA) is 186 Å². The molecule has 2 saturated heterocycles. The predicted octanol–water partition coefficient (Wildman–Crippen LogP) is 7.01. The third-order valence-electron chi connectivity index (χ3n) is 12.5. The number of H-pyrrole nitrogens is 2. The van der Waals surface area contributed by atoms with E-state index in [1.54, 1.807) is 0 Å². The van der Waals surface area contributed by atoms with E-state index < -0.39 is 46.8 Å². The Morgan fingerprint density at radius 1 is 0.803 bits per heavy atom. The van der Waals surface area contributed by atoms with Crippen molar-refractivity contribution in [2.24, 2.45) is 11.8 Å². The molecule has 3 unspecified atom stereocenters. The van der Waals surface area contributed by atoms with E-state index >= 15 is 0 Å². The number of imidazole rings is 2. The van der Waals surface area contributed by atoms with Gasteiger partial charge in [0, 0.05) is 18.1 Å². The SMILES string of the molecule is COC(=O)NC(C(=O)N1C[Si](C)(C)CC1c1ncc(-c2ccc(-c3ccc4c(ccc5[nH]c([C@@H]6C[Si](C)(C)CCN6C(=O)C(NC(=O)CO)C(C)C)nc54)c3)cc2)[nH]1)C(C)C. The van der Waals surface area contributed by atoms with Crippen molar-refractivity contribution in [2.75, 3.05) is 26.4 Å². The Hall–Kier alpha value is -5.33. The van der Waals surface area contributed by atoms with Crippen LogP contribution >= 0.6 is 0 Å². The number of aromatic amines is 2. The number of fused-ring (bicyclic) bond motifs is 3. The zero-order valence-corrected chi connectivity index (χ0v) is 38.8. The van der Waals surface area contributed by atoms with Gasteiger partial charge in [0.25, 0.3) is 0 Å². The molecule has 2 aliphatic rings. The monoisotopic (exact) mass is 864 g/mol. The van der Waals surface area contributed by atoms with E-state index in [9.17, 15) is 24.3 Å². The first-order valence-electron chi connectivity index (χ1n) is 21.3. The van der Waals surface area contributed by atoms with Crippen LogP contribution in [-0.4, -0.2) is 113 Å². The summed E-state index contributed by atoms with van der Waals surface area (Å²) in [7, 11) is -2.10. The first-order valence-corrected chi connectivity index (χ1v) is 28.1. The maximum atomic E-state index is 14.0. The van der Waals surface area contributed by atoms with E-state index in [2.05, 4.69) is 95.3 Å². The lowest BCUT2D eigenvalue weighted by molar-refractivity contribution is -0.140. The molecule has 4 amide bonds. The number of hydrogen-bond donors (Lipinski definition) is 5. The molecule has 0 saturated carbocycles. The molecule has 0 bridgehead atoms. The number of alkyl carbamates (subject to hydrolysis) is 1. The van der Waals surface area contributed by atoms with Gasteiger partial charge in [0.1, 0.15) is 30.3 Å². The lowest BCUT2D eigenvalue weighted by Crippen LogP contribution is -2.56. The summed E-state index contributed by atoms with van der Waals surface area (Å²) in [5.41, 5.74) is 5.72. The second-order valence-corrected chi connectivity index (χ2v) is 29.4. The molecule has 4 heterocycles. The fraction of sp³-hybridized carbons (Fsp3) is 0.467. The molecule has 2 aliphatic heterocycles. The smallest absolute Gasteiger partial charge is 0.407 e. The summed E-state index contributed by atoms with van der Waals surface area (Å²) in [6.45, 7) is 16.8. The third kappa shape index (κ3) is 9.16. The van der Waals surface area contributed by atoms with Gasteiger partial charge in [-0.15, -0.1) is 0 Å². The van der Waals surface area contributed by atoms with E-state index in [1.165, 1.54) is 7.11 Å². The molecule has 3 aromatic carbocycles. The van der Waals surface area contributed by atoms with E-state index in [0.717, 1.165) is 74.0 Å². The summed E-state index contributed by atoms with van der Waals surface area (Å²) < 4.78 is 4.82. The molecule has 2 fully saturated rings. The molecule has 14 nitrogen and oxygen atoms in total. The van der Waals surface area contributed by atoms with Gasteiger partial charge in [0.15, 0.2) is 0 Å². The molecule has 2 aromatic heterocycles. The molecular formula is C45H60N8O6Si2. The fourth-order valence-electron chi connectivity index (χ4n) is 9.01. The van der Waals surface area contributed by atoms with E-state index in [0.29, 0.717) is 12.7 Å². The predicted molar refractivity (Wildman–Crippen MR) is 243 cm³/mol. The summed E-state index contributed by atoms with van der Waals surface area (Å²) >= 11 is 0. The van der Waals surface area contributed by atoms with Crippen LogP contribution in [0.3, 0.4) is 0 Å². The zero-order chi connectivity index (χ0) is 44.0. The van der Waals surface area contributed by atoms with Gasteiger partial charge in [0.05, 0.1) is 58.3 Å². The highest BCUT2D eigenvalue weighted by Crippen LogP contribution is 2.40. The first-order chi connectivity index (χ1) is 28.9. The van der Waals surface area contributed by atoms with Crippen molar-refractivity contribution >= 4 is 61.8 Å². The van der Waals surface area contributed by atoms with Gasteiger partial charge in [0.2, 0.25) is 17.7 Å². The minimum Gasteiger partial charge on any atom is -0.453 e. The Morgan fingerprint density at radius 2 is 1.43 bits per heavy atom. The molecule has 324 valence electrons. The normalized spacial score (nSPS) is 19.7. The Morgan fingerprint density at radius 3 is 2.10 bits per heavy atom. The number of nitrogens with zero attached hydrogens (tertiary/aromatic N) is 4. The van der Waals surface area contributed by atoms with Crippen LogP contribution in [-0.2, 0) is 19.1 Å². The summed E-state index contributed by atoms with van der Waals surface area (Å²) in [4.78, 5) is 73.1. The number of aliphatic hydroxyl groups is 1. The Labute approximate surface area is 359 Å². The van der Waals surface area contributed by atoms with Crippen LogP contribution in [0, 0.1) is 11.8 Å². The van der Waals surface area contributed by atoms with Gasteiger partial charge < -0.3 is 40.2 Å². The Balaban J connectivity index is 1.11. The van der Waals surface area contributed by atoms with Crippen LogP contribution in [0.1, 0.15) is 51.4 Å². The minimum atomic E-state index is -1.76. The van der Waals surface area contributed by atoms with Crippen molar-refractivity contribution in [3.05, 3.63) is 72.4 Å². The van der Waals surface area contributed by atoms with Crippen LogP contribution < -0.4 is 10.6 Å². The minimum absolute atomic E-state index is 0.115. The van der Waals surface area contributed by atoms with Crippen LogP contribution in [0.25, 0.3) is 44.2 Å². The number of rotatable bonds is 11. The Kier molecular flexibility index (Phi) is 12.3. The first kappa shape index (κ1) is 43.8. The molecule has 0 spiro atoms. The second-order valence-electron chi connectivity index (χ2n) is 19.1. The van der Waals surface area contributed by atoms with E-state index in [4.69, 9.17) is 14.7 Å². The molecule has 5 aromatic rings. The summed E-state index contributed by atoms with van der Waals surface area (Å²) in [6.07, 6.45) is 1.89. The molecule has 7 rings (SSSR count). The third-order valence-corrected chi connectivity index (χ3v) is 18.2. The number of aliphatic hydroxyl groups excluding tert-OH is 1.